The normalized spacial score (nSPS) is 38.2. The van der Waals surface area contributed by atoms with Crippen LogP contribution in [0.3, 0.4) is 0 Å². The van der Waals surface area contributed by atoms with Gasteiger partial charge in [-0.15, -0.1) is 0 Å². The SMILES string of the molecule is COC1(C(F)(F)F)OC(F)(F)C(F)(C(F)(F)OC(F)(F)C2(F)OC(CO)(C(F)(F)F)OC2(F)F)O1. The Bertz CT molecular complexity index is 765. The Morgan fingerprint density at radius 3 is 1.31 bits per heavy atom. The highest BCUT2D eigenvalue weighted by molar-refractivity contribution is 5.02. The predicted molar refractivity (Wildman–Crippen MR) is 64.6 cm³/mol. The van der Waals surface area contributed by atoms with Crippen LogP contribution in [0.1, 0.15) is 0 Å². The largest absolute Gasteiger partial charge is 0.473 e. The molecule has 2 aliphatic rings. The zero-order valence-electron chi connectivity index (χ0n) is 15.7. The summed E-state index contributed by atoms with van der Waals surface area (Å²) in [5.74, 6) is -24.7. The Morgan fingerprint density at radius 1 is 0.629 bits per heavy atom. The molecule has 208 valence electrons. The van der Waals surface area contributed by atoms with Gasteiger partial charge >= 0.3 is 54.5 Å². The minimum absolute atomic E-state index is 0.269. The first kappa shape index (κ1) is 29.8. The lowest BCUT2D eigenvalue weighted by Crippen LogP contribution is -2.65. The number of hydrogen-bond acceptors (Lipinski definition) is 7. The summed E-state index contributed by atoms with van der Waals surface area (Å²) in [5.41, 5.74) is 0. The molecule has 0 aromatic carbocycles. The molecule has 2 heterocycles. The van der Waals surface area contributed by atoms with Crippen LogP contribution in [0.5, 0.6) is 0 Å². The molecule has 23 heteroatoms. The molecule has 0 spiro atoms. The lowest BCUT2D eigenvalue weighted by Gasteiger charge is -2.37. The van der Waals surface area contributed by atoms with Gasteiger partial charge in [0, 0.05) is 7.11 Å². The molecule has 0 radical (unpaired) electrons. The van der Waals surface area contributed by atoms with Crippen molar-refractivity contribution in [1.29, 1.82) is 0 Å². The highest BCUT2D eigenvalue weighted by Gasteiger charge is 2.92. The Kier molecular flexibility index (Phi) is 6.45. The first-order chi connectivity index (χ1) is 15.2. The van der Waals surface area contributed by atoms with Gasteiger partial charge in [0.1, 0.15) is 6.61 Å². The van der Waals surface area contributed by atoms with E-state index in [2.05, 4.69) is 23.7 Å². The van der Waals surface area contributed by atoms with Crippen LogP contribution in [-0.2, 0) is 28.4 Å². The average molecular weight is 566 g/mol. The van der Waals surface area contributed by atoms with E-state index in [9.17, 15) is 70.2 Å². The molecule has 0 aromatic rings. The third-order valence-corrected chi connectivity index (χ3v) is 4.15. The van der Waals surface area contributed by atoms with Crippen LogP contribution in [0, 0.1) is 0 Å². The minimum Gasteiger partial charge on any atom is -0.390 e. The van der Waals surface area contributed by atoms with E-state index in [4.69, 9.17) is 5.11 Å². The number of aliphatic hydroxyl groups excluding tert-OH is 1. The van der Waals surface area contributed by atoms with E-state index in [0.717, 1.165) is 0 Å². The van der Waals surface area contributed by atoms with E-state index in [-0.39, 0.29) is 7.11 Å². The summed E-state index contributed by atoms with van der Waals surface area (Å²) in [6.45, 7) is -2.95. The van der Waals surface area contributed by atoms with E-state index in [1.807, 2.05) is 4.74 Å². The van der Waals surface area contributed by atoms with Crippen LogP contribution in [0.15, 0.2) is 0 Å². The van der Waals surface area contributed by atoms with Crippen molar-refractivity contribution >= 4 is 0 Å². The number of alkyl halides is 16. The van der Waals surface area contributed by atoms with E-state index in [1.54, 1.807) is 0 Å². The zero-order chi connectivity index (χ0) is 27.9. The molecule has 0 bridgehead atoms. The monoisotopic (exact) mass is 566 g/mol. The zero-order valence-corrected chi connectivity index (χ0v) is 15.7. The second-order valence-electron chi connectivity index (χ2n) is 6.43. The molecule has 0 aromatic heterocycles. The van der Waals surface area contributed by atoms with Crippen molar-refractivity contribution in [3.63, 3.8) is 0 Å². The molecule has 35 heavy (non-hydrogen) atoms. The summed E-state index contributed by atoms with van der Waals surface area (Å²) < 4.78 is 232. The van der Waals surface area contributed by atoms with Crippen LogP contribution in [0.4, 0.5) is 70.2 Å². The van der Waals surface area contributed by atoms with Gasteiger partial charge in [0.2, 0.25) is 0 Å². The summed E-state index contributed by atoms with van der Waals surface area (Å²) in [6.07, 6.45) is -41.3. The highest BCUT2D eigenvalue weighted by Crippen LogP contribution is 2.63. The molecule has 7 nitrogen and oxygen atoms in total. The quantitative estimate of drug-likeness (QED) is 0.489. The highest BCUT2D eigenvalue weighted by atomic mass is 19.4. The van der Waals surface area contributed by atoms with Crippen molar-refractivity contribution in [3.8, 4) is 0 Å². The van der Waals surface area contributed by atoms with Crippen LogP contribution < -0.4 is 0 Å². The van der Waals surface area contributed by atoms with Crippen molar-refractivity contribution in [2.75, 3.05) is 13.7 Å². The van der Waals surface area contributed by atoms with Crippen molar-refractivity contribution in [2.24, 2.45) is 0 Å². The molecule has 1 N–H and O–H groups in total. The summed E-state index contributed by atoms with van der Waals surface area (Å²) >= 11 is 0. The first-order valence-electron chi connectivity index (χ1n) is 7.85. The first-order valence-corrected chi connectivity index (χ1v) is 7.85. The summed E-state index contributed by atoms with van der Waals surface area (Å²) in [4.78, 5) is 0. The molecule has 0 saturated carbocycles. The van der Waals surface area contributed by atoms with Gasteiger partial charge in [-0.1, -0.05) is 0 Å². The maximum atomic E-state index is 14.3. The van der Waals surface area contributed by atoms with Gasteiger partial charge in [0.05, 0.1) is 0 Å². The predicted octanol–water partition coefficient (Wildman–Crippen LogP) is 3.91. The van der Waals surface area contributed by atoms with Gasteiger partial charge in [-0.05, 0) is 0 Å². The van der Waals surface area contributed by atoms with Crippen LogP contribution in [0.25, 0.3) is 0 Å². The van der Waals surface area contributed by atoms with E-state index < -0.39 is 66.9 Å². The molecule has 2 rings (SSSR count). The molecule has 4 atom stereocenters. The van der Waals surface area contributed by atoms with Crippen LogP contribution in [-0.4, -0.2) is 79.1 Å². The maximum Gasteiger partial charge on any atom is 0.473 e. The fourth-order valence-corrected chi connectivity index (χ4v) is 2.41. The fourth-order valence-electron chi connectivity index (χ4n) is 2.41. The number of rotatable bonds is 6. The van der Waals surface area contributed by atoms with E-state index in [1.165, 1.54) is 0 Å². The fraction of sp³-hybridized carbons (Fsp3) is 1.00. The van der Waals surface area contributed by atoms with Crippen molar-refractivity contribution < 1.29 is 104 Å². The van der Waals surface area contributed by atoms with Crippen molar-refractivity contribution in [3.05, 3.63) is 0 Å². The molecule has 0 amide bonds. The van der Waals surface area contributed by atoms with Gasteiger partial charge in [-0.3, -0.25) is 18.9 Å². The third kappa shape index (κ3) is 3.89. The summed E-state index contributed by atoms with van der Waals surface area (Å²) in [5, 5.41) is 8.54. The van der Waals surface area contributed by atoms with Crippen molar-refractivity contribution in [2.45, 2.75) is 60.3 Å². The molecule has 2 saturated heterocycles. The van der Waals surface area contributed by atoms with Gasteiger partial charge in [-0.2, -0.15) is 70.2 Å². The second-order valence-corrected chi connectivity index (χ2v) is 6.43. The molecular weight excluding hydrogens is 560 g/mol. The number of aliphatic hydroxyl groups is 1. The Balaban J connectivity index is 2.55. The molecular formula is C12H6F16O7. The molecule has 2 aliphatic heterocycles. The van der Waals surface area contributed by atoms with Crippen LogP contribution in [0.2, 0.25) is 0 Å². The number of hydrogen-bond donors (Lipinski definition) is 1. The Morgan fingerprint density at radius 2 is 1.03 bits per heavy atom. The van der Waals surface area contributed by atoms with E-state index in [0.29, 0.717) is 0 Å². The molecule has 4 unspecified atom stereocenters. The second kappa shape index (κ2) is 7.56. The third-order valence-electron chi connectivity index (χ3n) is 4.15. The molecule has 0 aliphatic carbocycles. The van der Waals surface area contributed by atoms with Gasteiger partial charge in [0.15, 0.2) is 0 Å². The smallest absolute Gasteiger partial charge is 0.390 e. The van der Waals surface area contributed by atoms with Crippen molar-refractivity contribution in [1.82, 2.24) is 0 Å². The topological polar surface area (TPSA) is 75.6 Å². The standard InChI is InChI=1S/C12H6F16O7/c1-30-12(7(18,19)20)33-5(14,11(27,28)35-12)10(25,26)34-9(23,24)4(13)8(21,22)32-3(2-29,31-4)6(15,16)17/h29H,2H2,1H3. The Hall–Kier alpha value is -1.40. The van der Waals surface area contributed by atoms with Gasteiger partial charge < -0.3 is 9.84 Å². The number of methoxy groups -OCH3 is 1. The van der Waals surface area contributed by atoms with Gasteiger partial charge in [-0.25, -0.2) is 4.74 Å². The van der Waals surface area contributed by atoms with E-state index >= 15 is 0 Å². The van der Waals surface area contributed by atoms with Gasteiger partial charge in [0.25, 0.3) is 5.79 Å². The lowest BCUT2D eigenvalue weighted by molar-refractivity contribution is -0.529. The Labute approximate surface area is 179 Å². The number of halogens is 16. The maximum absolute atomic E-state index is 14.3. The van der Waals surface area contributed by atoms with Crippen LogP contribution >= 0.6 is 0 Å². The number of ether oxygens (including phenoxy) is 6. The minimum atomic E-state index is -7.39. The lowest BCUT2D eigenvalue weighted by atomic mass is 10.2. The summed E-state index contributed by atoms with van der Waals surface area (Å²) in [6, 6.07) is 0. The molecule has 2 fully saturated rings. The summed E-state index contributed by atoms with van der Waals surface area (Å²) in [7, 11) is -0.269. The average Bonchev–Trinajstić information content (AvgIpc) is 3.00.